The van der Waals surface area contributed by atoms with Crippen molar-refractivity contribution in [1.29, 1.82) is 0 Å². The van der Waals surface area contributed by atoms with Crippen LogP contribution in [0.1, 0.15) is 77.6 Å². The van der Waals surface area contributed by atoms with Crippen LogP contribution in [0.15, 0.2) is 0 Å². The zero-order valence-corrected chi connectivity index (χ0v) is 11.5. The number of rotatable bonds is 4. The molecule has 1 nitrogen and oxygen atoms in total. The summed E-state index contributed by atoms with van der Waals surface area (Å²) in [5, 5.41) is 10.3. The van der Waals surface area contributed by atoms with E-state index in [1.807, 2.05) is 0 Å². The molecule has 0 saturated heterocycles. The summed E-state index contributed by atoms with van der Waals surface area (Å²) in [5.41, 5.74) is 0. The molecule has 2 fully saturated rings. The van der Waals surface area contributed by atoms with Crippen LogP contribution in [-0.2, 0) is 0 Å². The van der Waals surface area contributed by atoms with E-state index in [-0.39, 0.29) is 6.10 Å². The van der Waals surface area contributed by atoms with Crippen LogP contribution >= 0.6 is 0 Å². The van der Waals surface area contributed by atoms with Crippen LogP contribution in [0.25, 0.3) is 0 Å². The van der Waals surface area contributed by atoms with Crippen molar-refractivity contribution in [3.63, 3.8) is 0 Å². The zero-order chi connectivity index (χ0) is 12.1. The number of aliphatic hydroxyl groups excluding tert-OH is 1. The van der Waals surface area contributed by atoms with E-state index in [1.54, 1.807) is 0 Å². The molecule has 1 atom stereocenters. The minimum atomic E-state index is 0.00410. The van der Waals surface area contributed by atoms with Gasteiger partial charge in [-0.25, -0.2) is 0 Å². The van der Waals surface area contributed by atoms with Crippen LogP contribution in [0, 0.1) is 17.8 Å². The minimum absolute atomic E-state index is 0.00410. The average molecular weight is 238 g/mol. The fourth-order valence-corrected chi connectivity index (χ4v) is 3.79. The van der Waals surface area contributed by atoms with Gasteiger partial charge in [-0.05, 0) is 43.4 Å². The summed E-state index contributed by atoms with van der Waals surface area (Å²) in [6.45, 7) is 2.35. The summed E-state index contributed by atoms with van der Waals surface area (Å²) in [7, 11) is 0. The first-order valence-corrected chi connectivity index (χ1v) is 7.93. The first-order valence-electron chi connectivity index (χ1n) is 7.93. The largest absolute Gasteiger partial charge is 0.393 e. The molecular weight excluding hydrogens is 208 g/mol. The maximum absolute atomic E-state index is 10.3. The third kappa shape index (κ3) is 4.28. The van der Waals surface area contributed by atoms with Gasteiger partial charge in [-0.3, -0.25) is 0 Å². The number of hydrogen-bond acceptors (Lipinski definition) is 1. The van der Waals surface area contributed by atoms with Crippen LogP contribution in [-0.4, -0.2) is 11.2 Å². The molecule has 1 heteroatoms. The summed E-state index contributed by atoms with van der Waals surface area (Å²) >= 11 is 0. The van der Waals surface area contributed by atoms with E-state index < -0.39 is 0 Å². The second kappa shape index (κ2) is 6.78. The van der Waals surface area contributed by atoms with Gasteiger partial charge >= 0.3 is 0 Å². The Labute approximate surface area is 107 Å². The molecule has 0 aromatic rings. The Balaban J connectivity index is 1.64. The highest BCUT2D eigenvalue weighted by atomic mass is 16.3. The summed E-state index contributed by atoms with van der Waals surface area (Å²) < 4.78 is 0. The third-order valence-corrected chi connectivity index (χ3v) is 5.20. The predicted octanol–water partition coefficient (Wildman–Crippen LogP) is 4.53. The van der Waals surface area contributed by atoms with Crippen LogP contribution in [0.4, 0.5) is 0 Å². The molecule has 2 aliphatic rings. The van der Waals surface area contributed by atoms with E-state index >= 15 is 0 Å². The zero-order valence-electron chi connectivity index (χ0n) is 11.5. The summed E-state index contributed by atoms with van der Waals surface area (Å²) in [6, 6.07) is 0. The Morgan fingerprint density at radius 3 is 2.24 bits per heavy atom. The van der Waals surface area contributed by atoms with E-state index in [9.17, 15) is 5.11 Å². The van der Waals surface area contributed by atoms with Gasteiger partial charge in [0.05, 0.1) is 6.10 Å². The first kappa shape index (κ1) is 13.4. The molecule has 0 bridgehead atoms. The van der Waals surface area contributed by atoms with Crippen molar-refractivity contribution >= 4 is 0 Å². The Morgan fingerprint density at radius 2 is 1.59 bits per heavy atom. The van der Waals surface area contributed by atoms with Crippen LogP contribution < -0.4 is 0 Å². The lowest BCUT2D eigenvalue weighted by atomic mass is 9.78. The second-order valence-corrected chi connectivity index (χ2v) is 6.67. The molecule has 2 saturated carbocycles. The molecule has 0 aromatic carbocycles. The summed E-state index contributed by atoms with van der Waals surface area (Å²) in [5.74, 6) is 2.45. The molecule has 17 heavy (non-hydrogen) atoms. The van der Waals surface area contributed by atoms with Gasteiger partial charge in [-0.1, -0.05) is 51.9 Å². The molecule has 100 valence electrons. The molecule has 2 aliphatic carbocycles. The Morgan fingerprint density at radius 1 is 0.941 bits per heavy atom. The fourth-order valence-electron chi connectivity index (χ4n) is 3.79. The van der Waals surface area contributed by atoms with Gasteiger partial charge in [0.1, 0.15) is 0 Å². The van der Waals surface area contributed by atoms with Crippen molar-refractivity contribution in [1.82, 2.24) is 0 Å². The van der Waals surface area contributed by atoms with E-state index in [4.69, 9.17) is 0 Å². The van der Waals surface area contributed by atoms with Crippen molar-refractivity contribution in [3.8, 4) is 0 Å². The van der Waals surface area contributed by atoms with E-state index in [0.29, 0.717) is 5.92 Å². The Bertz CT molecular complexity index is 200. The molecule has 0 amide bonds. The van der Waals surface area contributed by atoms with E-state index in [1.165, 1.54) is 64.2 Å². The molecule has 0 radical (unpaired) electrons. The monoisotopic (exact) mass is 238 g/mol. The molecule has 2 rings (SSSR count). The lowest BCUT2D eigenvalue weighted by molar-refractivity contribution is 0.0614. The molecule has 1 unspecified atom stereocenters. The number of aliphatic hydroxyl groups is 1. The summed E-state index contributed by atoms with van der Waals surface area (Å²) in [4.78, 5) is 0. The standard InChI is InChI=1S/C16H30O/c1-13-7-10-15(11-8-13)16(17)12-9-14-5-3-2-4-6-14/h13-17H,2-12H2,1H3. The molecular formula is C16H30O. The topological polar surface area (TPSA) is 20.2 Å². The fraction of sp³-hybridized carbons (Fsp3) is 1.00. The van der Waals surface area contributed by atoms with Crippen molar-refractivity contribution in [2.24, 2.45) is 17.8 Å². The van der Waals surface area contributed by atoms with Gasteiger partial charge < -0.3 is 5.11 Å². The second-order valence-electron chi connectivity index (χ2n) is 6.67. The van der Waals surface area contributed by atoms with Crippen LogP contribution in [0.2, 0.25) is 0 Å². The lowest BCUT2D eigenvalue weighted by Crippen LogP contribution is -2.25. The molecule has 0 heterocycles. The molecule has 0 spiro atoms. The normalized spacial score (nSPS) is 33.5. The van der Waals surface area contributed by atoms with Crippen molar-refractivity contribution in [3.05, 3.63) is 0 Å². The van der Waals surface area contributed by atoms with Crippen molar-refractivity contribution in [2.75, 3.05) is 0 Å². The number of hydrogen-bond donors (Lipinski definition) is 1. The maximum Gasteiger partial charge on any atom is 0.0568 e. The highest BCUT2D eigenvalue weighted by Crippen LogP contribution is 2.34. The highest BCUT2D eigenvalue weighted by Gasteiger charge is 2.25. The van der Waals surface area contributed by atoms with Gasteiger partial charge in [-0.15, -0.1) is 0 Å². The van der Waals surface area contributed by atoms with Gasteiger partial charge in [-0.2, -0.15) is 0 Å². The van der Waals surface area contributed by atoms with Crippen molar-refractivity contribution in [2.45, 2.75) is 83.7 Å². The highest BCUT2D eigenvalue weighted by molar-refractivity contribution is 4.77. The lowest BCUT2D eigenvalue weighted by Gasteiger charge is -2.31. The minimum Gasteiger partial charge on any atom is -0.393 e. The van der Waals surface area contributed by atoms with Gasteiger partial charge in [0.15, 0.2) is 0 Å². The summed E-state index contributed by atoms with van der Waals surface area (Å²) in [6.07, 6.45) is 14.7. The average Bonchev–Trinajstić information content (AvgIpc) is 2.38. The quantitative estimate of drug-likeness (QED) is 0.762. The third-order valence-electron chi connectivity index (χ3n) is 5.20. The van der Waals surface area contributed by atoms with Crippen LogP contribution in [0.3, 0.4) is 0 Å². The predicted molar refractivity (Wildman–Crippen MR) is 72.9 cm³/mol. The SMILES string of the molecule is CC1CCC(C(O)CCC2CCCCC2)CC1. The van der Waals surface area contributed by atoms with Gasteiger partial charge in [0, 0.05) is 0 Å². The Hall–Kier alpha value is -0.0400. The molecule has 1 N–H and O–H groups in total. The maximum atomic E-state index is 10.3. The Kier molecular flexibility index (Phi) is 5.34. The van der Waals surface area contributed by atoms with E-state index in [2.05, 4.69) is 6.92 Å². The smallest absolute Gasteiger partial charge is 0.0568 e. The molecule has 0 aliphatic heterocycles. The van der Waals surface area contributed by atoms with Gasteiger partial charge in [0.25, 0.3) is 0 Å². The van der Waals surface area contributed by atoms with Gasteiger partial charge in [0.2, 0.25) is 0 Å². The van der Waals surface area contributed by atoms with E-state index in [0.717, 1.165) is 18.3 Å². The van der Waals surface area contributed by atoms with Crippen LogP contribution in [0.5, 0.6) is 0 Å². The first-order chi connectivity index (χ1) is 8.25. The van der Waals surface area contributed by atoms with Crippen molar-refractivity contribution < 1.29 is 5.11 Å². The molecule has 0 aromatic heterocycles.